The van der Waals surface area contributed by atoms with Gasteiger partial charge in [-0.05, 0) is 20.8 Å². The summed E-state index contributed by atoms with van der Waals surface area (Å²) < 4.78 is 10.6. The van der Waals surface area contributed by atoms with Gasteiger partial charge in [0.15, 0.2) is 5.96 Å². The number of hydrogen-bond donors (Lipinski definition) is 1. The van der Waals surface area contributed by atoms with Gasteiger partial charge in [0.1, 0.15) is 12.1 Å². The highest BCUT2D eigenvalue weighted by molar-refractivity contribution is 5.84. The summed E-state index contributed by atoms with van der Waals surface area (Å²) in [5, 5.41) is 3.06. The number of hydrogen-bond acceptors (Lipinski definition) is 6. The van der Waals surface area contributed by atoms with Gasteiger partial charge in [0.05, 0.1) is 19.8 Å². The average molecular weight is 383 g/mol. The molecule has 2 aliphatic rings. The number of piperazine rings is 1. The quantitative estimate of drug-likeness (QED) is 0.393. The lowest BCUT2D eigenvalue weighted by Gasteiger charge is -2.37. The SMILES string of the molecule is CN=C(NCC(=O)OC(C)(C)C)N1CCN(CC(=O)N2CCOCC2)CC1. The first-order valence-corrected chi connectivity index (χ1v) is 9.54. The van der Waals surface area contributed by atoms with Gasteiger partial charge in [-0.3, -0.25) is 19.5 Å². The Bertz CT molecular complexity index is 532. The lowest BCUT2D eigenvalue weighted by atomic mass is 10.2. The van der Waals surface area contributed by atoms with Crippen molar-refractivity contribution in [3.05, 3.63) is 0 Å². The van der Waals surface area contributed by atoms with Gasteiger partial charge < -0.3 is 24.6 Å². The maximum atomic E-state index is 12.4. The number of nitrogens with zero attached hydrogens (tertiary/aromatic N) is 4. The third kappa shape index (κ3) is 7.34. The molecule has 0 atom stereocenters. The molecule has 0 bridgehead atoms. The number of nitrogens with one attached hydrogen (secondary N) is 1. The van der Waals surface area contributed by atoms with Crippen molar-refractivity contribution in [3.63, 3.8) is 0 Å². The standard InChI is InChI=1S/C18H33N5O4/c1-18(2,3)27-16(25)13-20-17(19-4)23-7-5-21(6-8-23)14-15(24)22-9-11-26-12-10-22/h5-14H2,1-4H3,(H,19,20). The highest BCUT2D eigenvalue weighted by Crippen LogP contribution is 2.07. The van der Waals surface area contributed by atoms with Crippen LogP contribution in [0.25, 0.3) is 0 Å². The third-order valence-electron chi connectivity index (χ3n) is 4.42. The van der Waals surface area contributed by atoms with Crippen LogP contribution in [-0.4, -0.2) is 111 Å². The number of aliphatic imine (C=N–C) groups is 1. The van der Waals surface area contributed by atoms with Crippen molar-refractivity contribution in [1.29, 1.82) is 0 Å². The molecule has 1 N–H and O–H groups in total. The van der Waals surface area contributed by atoms with Crippen LogP contribution in [0.3, 0.4) is 0 Å². The molecular formula is C18H33N5O4. The highest BCUT2D eigenvalue weighted by atomic mass is 16.6. The van der Waals surface area contributed by atoms with Crippen molar-refractivity contribution >= 4 is 17.8 Å². The lowest BCUT2D eigenvalue weighted by molar-refractivity contribution is -0.153. The average Bonchev–Trinajstić information content (AvgIpc) is 2.62. The van der Waals surface area contributed by atoms with Crippen molar-refractivity contribution < 1.29 is 19.1 Å². The Labute approximate surface area is 161 Å². The molecule has 2 rings (SSSR count). The smallest absolute Gasteiger partial charge is 0.325 e. The summed E-state index contributed by atoms with van der Waals surface area (Å²) in [6, 6.07) is 0. The minimum absolute atomic E-state index is 0.0830. The van der Waals surface area contributed by atoms with E-state index in [1.54, 1.807) is 7.05 Å². The van der Waals surface area contributed by atoms with E-state index in [1.165, 1.54) is 0 Å². The van der Waals surface area contributed by atoms with Crippen molar-refractivity contribution in [2.24, 2.45) is 4.99 Å². The number of carbonyl (C=O) groups excluding carboxylic acids is 2. The fourth-order valence-corrected chi connectivity index (χ4v) is 3.08. The fourth-order valence-electron chi connectivity index (χ4n) is 3.08. The lowest BCUT2D eigenvalue weighted by Crippen LogP contribution is -2.55. The van der Waals surface area contributed by atoms with Crippen LogP contribution in [-0.2, 0) is 19.1 Å². The van der Waals surface area contributed by atoms with Crippen molar-refractivity contribution in [3.8, 4) is 0 Å². The van der Waals surface area contributed by atoms with E-state index in [4.69, 9.17) is 9.47 Å². The molecule has 9 nitrogen and oxygen atoms in total. The van der Waals surface area contributed by atoms with Gasteiger partial charge in [-0.2, -0.15) is 0 Å². The first-order chi connectivity index (χ1) is 12.8. The van der Waals surface area contributed by atoms with E-state index in [-0.39, 0.29) is 18.4 Å². The second-order valence-corrected chi connectivity index (χ2v) is 7.74. The predicted octanol–water partition coefficient (Wildman–Crippen LogP) is -0.620. The van der Waals surface area contributed by atoms with Gasteiger partial charge in [-0.15, -0.1) is 0 Å². The molecule has 27 heavy (non-hydrogen) atoms. The van der Waals surface area contributed by atoms with E-state index in [1.807, 2.05) is 25.7 Å². The van der Waals surface area contributed by atoms with Gasteiger partial charge in [-0.25, -0.2) is 0 Å². The third-order valence-corrected chi connectivity index (χ3v) is 4.42. The van der Waals surface area contributed by atoms with Crippen molar-refractivity contribution in [2.75, 3.05) is 72.6 Å². The Balaban J connectivity index is 1.73. The Morgan fingerprint density at radius 2 is 1.67 bits per heavy atom. The molecule has 0 aromatic heterocycles. The van der Waals surface area contributed by atoms with E-state index < -0.39 is 5.60 Å². The summed E-state index contributed by atoms with van der Waals surface area (Å²) in [6.45, 7) is 11.7. The molecular weight excluding hydrogens is 350 g/mol. The van der Waals surface area contributed by atoms with Gasteiger partial charge in [-0.1, -0.05) is 0 Å². The van der Waals surface area contributed by atoms with Crippen LogP contribution in [0.1, 0.15) is 20.8 Å². The van der Waals surface area contributed by atoms with Crippen LogP contribution in [0.15, 0.2) is 4.99 Å². The van der Waals surface area contributed by atoms with Gasteiger partial charge >= 0.3 is 5.97 Å². The molecule has 0 aliphatic carbocycles. The van der Waals surface area contributed by atoms with Crippen molar-refractivity contribution in [1.82, 2.24) is 20.0 Å². The number of carbonyl (C=O) groups is 2. The molecule has 0 unspecified atom stereocenters. The summed E-state index contributed by atoms with van der Waals surface area (Å²) in [6.07, 6.45) is 0. The van der Waals surface area contributed by atoms with Crippen LogP contribution in [0.5, 0.6) is 0 Å². The molecule has 0 spiro atoms. The summed E-state index contributed by atoms with van der Waals surface area (Å²) in [5.41, 5.74) is -0.499. The number of morpholine rings is 1. The molecule has 0 aromatic carbocycles. The Morgan fingerprint density at radius 1 is 1.04 bits per heavy atom. The monoisotopic (exact) mass is 383 g/mol. The number of amides is 1. The maximum absolute atomic E-state index is 12.4. The van der Waals surface area contributed by atoms with E-state index in [0.29, 0.717) is 38.8 Å². The van der Waals surface area contributed by atoms with Crippen LogP contribution < -0.4 is 5.32 Å². The Hall–Kier alpha value is -1.87. The number of rotatable bonds is 4. The van der Waals surface area contributed by atoms with Crippen LogP contribution in [0.2, 0.25) is 0 Å². The van der Waals surface area contributed by atoms with Crippen LogP contribution in [0, 0.1) is 0 Å². The summed E-state index contributed by atoms with van der Waals surface area (Å²) >= 11 is 0. The predicted molar refractivity (Wildman–Crippen MR) is 103 cm³/mol. The highest BCUT2D eigenvalue weighted by Gasteiger charge is 2.24. The summed E-state index contributed by atoms with van der Waals surface area (Å²) in [4.78, 5) is 34.6. The molecule has 9 heteroatoms. The Morgan fingerprint density at radius 3 is 2.22 bits per heavy atom. The zero-order valence-electron chi connectivity index (χ0n) is 17.0. The number of ether oxygens (including phenoxy) is 2. The number of guanidine groups is 1. The van der Waals surface area contributed by atoms with E-state index in [9.17, 15) is 9.59 Å². The zero-order chi connectivity index (χ0) is 19.9. The second-order valence-electron chi connectivity index (χ2n) is 7.74. The molecule has 154 valence electrons. The maximum Gasteiger partial charge on any atom is 0.325 e. The van der Waals surface area contributed by atoms with Crippen LogP contribution >= 0.6 is 0 Å². The molecule has 1 amide bonds. The minimum atomic E-state index is -0.499. The van der Waals surface area contributed by atoms with E-state index in [0.717, 1.165) is 26.2 Å². The van der Waals surface area contributed by atoms with Gasteiger partial charge in [0.2, 0.25) is 5.91 Å². The molecule has 2 aliphatic heterocycles. The largest absolute Gasteiger partial charge is 0.459 e. The molecule has 2 saturated heterocycles. The first-order valence-electron chi connectivity index (χ1n) is 9.54. The Kier molecular flexibility index (Phi) is 7.85. The summed E-state index contributed by atoms with van der Waals surface area (Å²) in [7, 11) is 1.70. The first kappa shape index (κ1) is 21.4. The summed E-state index contributed by atoms with van der Waals surface area (Å²) in [5.74, 6) is 0.539. The normalized spacial score (nSPS) is 19.8. The van der Waals surface area contributed by atoms with Crippen molar-refractivity contribution in [2.45, 2.75) is 26.4 Å². The topological polar surface area (TPSA) is 86.7 Å². The van der Waals surface area contributed by atoms with Gasteiger partial charge in [0.25, 0.3) is 0 Å². The zero-order valence-corrected chi connectivity index (χ0v) is 17.0. The number of esters is 1. The van der Waals surface area contributed by atoms with Crippen LogP contribution in [0.4, 0.5) is 0 Å². The van der Waals surface area contributed by atoms with E-state index >= 15 is 0 Å². The fraction of sp³-hybridized carbons (Fsp3) is 0.833. The molecule has 2 heterocycles. The molecule has 2 fully saturated rings. The molecule has 0 radical (unpaired) electrons. The van der Waals surface area contributed by atoms with E-state index in [2.05, 4.69) is 20.1 Å². The second kappa shape index (κ2) is 9.89. The van der Waals surface area contributed by atoms with Gasteiger partial charge in [0, 0.05) is 46.3 Å². The molecule has 0 saturated carbocycles. The molecule has 0 aromatic rings. The minimum Gasteiger partial charge on any atom is -0.459 e.